The summed E-state index contributed by atoms with van der Waals surface area (Å²) in [5, 5.41) is 4.32. The van der Waals surface area contributed by atoms with Crippen LogP contribution in [0, 0.1) is 0 Å². The average Bonchev–Trinajstić information content (AvgIpc) is 3.14. The Bertz CT molecular complexity index is 930. The number of ether oxygens (including phenoxy) is 1. The van der Waals surface area contributed by atoms with Gasteiger partial charge in [0.05, 0.1) is 21.7 Å². The smallest absolute Gasteiger partial charge is 0.255 e. The van der Waals surface area contributed by atoms with Crippen LogP contribution in [0.5, 0.6) is 5.75 Å². The van der Waals surface area contributed by atoms with Gasteiger partial charge >= 0.3 is 0 Å². The predicted octanol–water partition coefficient (Wildman–Crippen LogP) is 5.03. The second-order valence-electron chi connectivity index (χ2n) is 7.39. The number of nitrogens with zero attached hydrogens (tertiary/aromatic N) is 1. The van der Waals surface area contributed by atoms with Gasteiger partial charge in [-0.25, -0.2) is 0 Å². The number of fused-ring (bicyclic) bond motifs is 1. The Morgan fingerprint density at radius 2 is 1.96 bits per heavy atom. The molecule has 4 rings (SSSR count). The highest BCUT2D eigenvalue weighted by Gasteiger charge is 2.30. The van der Waals surface area contributed by atoms with Crippen LogP contribution in [0.1, 0.15) is 54.3 Å². The van der Waals surface area contributed by atoms with Crippen molar-refractivity contribution in [1.29, 1.82) is 0 Å². The SMILES string of the molecule is CC1=CNC(C)c2c(C(=O)N3CCC(Oc4ccc(Cl)c(Cl)c4)CC3)c[nH]c21. The number of carbonyl (C=O) groups is 1. The molecule has 1 atom stereocenters. The molecular formula is C21H23Cl2N3O2. The summed E-state index contributed by atoms with van der Waals surface area (Å²) >= 11 is 12.0. The van der Waals surface area contributed by atoms with Gasteiger partial charge in [0.1, 0.15) is 11.9 Å². The standard InChI is InChI=1S/C21H23Cl2N3O2/c1-12-10-24-13(2)19-16(11-25-20(12)19)21(27)26-7-5-14(6-8-26)28-15-3-4-17(22)18(23)9-15/h3-4,9-11,13-14,24-25H,5-8H2,1-2H3. The summed E-state index contributed by atoms with van der Waals surface area (Å²) in [4.78, 5) is 18.3. The van der Waals surface area contributed by atoms with E-state index in [0.29, 0.717) is 28.9 Å². The Kier molecular flexibility index (Phi) is 5.30. The molecule has 148 valence electrons. The van der Waals surface area contributed by atoms with Crippen LogP contribution in [0.4, 0.5) is 0 Å². The molecule has 2 aliphatic rings. The summed E-state index contributed by atoms with van der Waals surface area (Å²) in [6.07, 6.45) is 5.46. The van der Waals surface area contributed by atoms with Crippen LogP contribution in [0.2, 0.25) is 10.0 Å². The van der Waals surface area contributed by atoms with Gasteiger partial charge in [-0.05, 0) is 31.6 Å². The van der Waals surface area contributed by atoms with Gasteiger partial charge in [0.15, 0.2) is 0 Å². The number of aromatic nitrogens is 1. The largest absolute Gasteiger partial charge is 0.490 e. The molecule has 0 aliphatic carbocycles. The number of piperidine rings is 1. The zero-order valence-corrected chi connectivity index (χ0v) is 17.4. The van der Waals surface area contributed by atoms with Crippen LogP contribution in [-0.4, -0.2) is 35.0 Å². The minimum Gasteiger partial charge on any atom is -0.490 e. The Hall–Kier alpha value is -2.11. The quantitative estimate of drug-likeness (QED) is 0.733. The van der Waals surface area contributed by atoms with E-state index in [4.69, 9.17) is 27.9 Å². The fourth-order valence-electron chi connectivity index (χ4n) is 3.88. The molecule has 7 heteroatoms. The van der Waals surface area contributed by atoms with Crippen LogP contribution in [0.15, 0.2) is 30.6 Å². The summed E-state index contributed by atoms with van der Waals surface area (Å²) in [6, 6.07) is 5.40. The molecule has 2 N–H and O–H groups in total. The maximum absolute atomic E-state index is 13.1. The number of nitrogens with one attached hydrogen (secondary N) is 2. The zero-order valence-electron chi connectivity index (χ0n) is 15.9. The number of hydrogen-bond acceptors (Lipinski definition) is 3. The topological polar surface area (TPSA) is 57.4 Å². The van der Waals surface area contributed by atoms with Crippen molar-refractivity contribution >= 4 is 34.7 Å². The Morgan fingerprint density at radius 1 is 1.21 bits per heavy atom. The van der Waals surface area contributed by atoms with Crippen LogP contribution in [0.25, 0.3) is 5.57 Å². The van der Waals surface area contributed by atoms with E-state index in [1.807, 2.05) is 30.3 Å². The second-order valence-corrected chi connectivity index (χ2v) is 8.21. The van der Waals surface area contributed by atoms with Crippen LogP contribution < -0.4 is 10.1 Å². The first-order valence-corrected chi connectivity index (χ1v) is 10.2. The number of amides is 1. The van der Waals surface area contributed by atoms with Crippen molar-refractivity contribution in [3.8, 4) is 5.75 Å². The molecule has 0 saturated carbocycles. The summed E-state index contributed by atoms with van der Waals surface area (Å²) in [5.74, 6) is 0.787. The minimum absolute atomic E-state index is 0.0622. The fourth-order valence-corrected chi connectivity index (χ4v) is 4.17. The highest BCUT2D eigenvalue weighted by atomic mass is 35.5. The number of carbonyl (C=O) groups excluding carboxylic acids is 1. The zero-order chi connectivity index (χ0) is 19.8. The number of likely N-dealkylation sites (tertiary alicyclic amines) is 1. The normalized spacial score (nSPS) is 19.6. The number of allylic oxidation sites excluding steroid dienone is 1. The molecule has 1 aromatic carbocycles. The number of aromatic amines is 1. The maximum atomic E-state index is 13.1. The highest BCUT2D eigenvalue weighted by molar-refractivity contribution is 6.42. The molecule has 0 bridgehead atoms. The van der Waals surface area contributed by atoms with Gasteiger partial charge < -0.3 is 19.9 Å². The van der Waals surface area contributed by atoms with E-state index in [1.54, 1.807) is 12.1 Å². The van der Waals surface area contributed by atoms with E-state index in [2.05, 4.69) is 17.2 Å². The van der Waals surface area contributed by atoms with Crippen molar-refractivity contribution < 1.29 is 9.53 Å². The van der Waals surface area contributed by atoms with Crippen LogP contribution in [0.3, 0.4) is 0 Å². The monoisotopic (exact) mass is 419 g/mol. The first-order chi connectivity index (χ1) is 13.4. The van der Waals surface area contributed by atoms with Crippen LogP contribution in [-0.2, 0) is 0 Å². The third kappa shape index (κ3) is 3.61. The van der Waals surface area contributed by atoms with Gasteiger partial charge in [-0.2, -0.15) is 0 Å². The lowest BCUT2D eigenvalue weighted by molar-refractivity contribution is 0.0594. The van der Waals surface area contributed by atoms with Crippen molar-refractivity contribution in [2.75, 3.05) is 13.1 Å². The van der Waals surface area contributed by atoms with Gasteiger partial charge in [-0.3, -0.25) is 4.79 Å². The molecule has 1 saturated heterocycles. The Labute approximate surface area is 174 Å². The lowest BCUT2D eigenvalue weighted by Crippen LogP contribution is -2.42. The molecule has 2 aromatic rings. The van der Waals surface area contributed by atoms with Gasteiger partial charge in [0.25, 0.3) is 5.91 Å². The van der Waals surface area contributed by atoms with Crippen LogP contribution >= 0.6 is 23.2 Å². The van der Waals surface area contributed by atoms with Gasteiger partial charge in [0, 0.05) is 55.7 Å². The molecule has 1 amide bonds. The van der Waals surface area contributed by atoms with Crippen molar-refractivity contribution in [1.82, 2.24) is 15.2 Å². The summed E-state index contributed by atoms with van der Waals surface area (Å²) < 4.78 is 6.03. The molecule has 3 heterocycles. The van der Waals surface area contributed by atoms with Gasteiger partial charge in [-0.1, -0.05) is 23.2 Å². The molecule has 5 nitrogen and oxygen atoms in total. The molecule has 0 radical (unpaired) electrons. The fraction of sp³-hybridized carbons (Fsp3) is 0.381. The molecule has 2 aliphatic heterocycles. The molecule has 1 aromatic heterocycles. The maximum Gasteiger partial charge on any atom is 0.255 e. The summed E-state index contributed by atoms with van der Waals surface area (Å²) in [7, 11) is 0. The number of hydrogen-bond donors (Lipinski definition) is 2. The van der Waals surface area contributed by atoms with E-state index >= 15 is 0 Å². The minimum atomic E-state index is 0.0622. The summed E-state index contributed by atoms with van der Waals surface area (Å²) in [6.45, 7) is 5.45. The van der Waals surface area contributed by atoms with E-state index in [0.717, 1.165) is 35.2 Å². The molecule has 1 unspecified atom stereocenters. The third-order valence-electron chi connectivity index (χ3n) is 5.45. The van der Waals surface area contributed by atoms with E-state index in [-0.39, 0.29) is 18.1 Å². The predicted molar refractivity (Wildman–Crippen MR) is 112 cm³/mol. The van der Waals surface area contributed by atoms with Gasteiger partial charge in [-0.15, -0.1) is 0 Å². The Balaban J connectivity index is 1.41. The molecule has 28 heavy (non-hydrogen) atoms. The average molecular weight is 420 g/mol. The second kappa shape index (κ2) is 7.72. The summed E-state index contributed by atoms with van der Waals surface area (Å²) in [5.41, 5.74) is 3.97. The Morgan fingerprint density at radius 3 is 2.68 bits per heavy atom. The number of benzene rings is 1. The van der Waals surface area contributed by atoms with E-state index < -0.39 is 0 Å². The lowest BCUT2D eigenvalue weighted by atomic mass is 9.96. The molecule has 1 fully saturated rings. The van der Waals surface area contributed by atoms with Crippen molar-refractivity contribution in [2.24, 2.45) is 0 Å². The highest BCUT2D eigenvalue weighted by Crippen LogP contribution is 2.32. The first-order valence-electron chi connectivity index (χ1n) is 9.49. The van der Waals surface area contributed by atoms with Crippen molar-refractivity contribution in [3.05, 3.63) is 57.5 Å². The van der Waals surface area contributed by atoms with Crippen molar-refractivity contribution in [3.63, 3.8) is 0 Å². The number of H-pyrrole nitrogens is 1. The van der Waals surface area contributed by atoms with E-state index in [9.17, 15) is 4.79 Å². The van der Waals surface area contributed by atoms with Crippen molar-refractivity contribution in [2.45, 2.75) is 38.8 Å². The first kappa shape index (κ1) is 19.2. The van der Waals surface area contributed by atoms with E-state index in [1.165, 1.54) is 0 Å². The molecular weight excluding hydrogens is 397 g/mol. The third-order valence-corrected chi connectivity index (χ3v) is 6.19. The molecule has 0 spiro atoms. The lowest BCUT2D eigenvalue weighted by Gasteiger charge is -2.32. The number of rotatable bonds is 3. The van der Waals surface area contributed by atoms with Gasteiger partial charge in [0.2, 0.25) is 0 Å². The number of halogens is 2.